The lowest BCUT2D eigenvalue weighted by atomic mass is 10.0. The summed E-state index contributed by atoms with van der Waals surface area (Å²) in [6.45, 7) is 0. The minimum absolute atomic E-state index is 0.0434. The number of nitrogens with zero attached hydrogens (tertiary/aromatic N) is 3. The number of aromatic carboxylic acids is 1. The van der Waals surface area contributed by atoms with Crippen LogP contribution in [0.15, 0.2) is 18.5 Å². The highest BCUT2D eigenvalue weighted by atomic mass is 16.4. The van der Waals surface area contributed by atoms with Crippen LogP contribution in [0, 0.1) is 0 Å². The van der Waals surface area contributed by atoms with E-state index in [4.69, 9.17) is 13.0 Å². The Morgan fingerprint density at radius 1 is 1.62 bits per heavy atom. The smallest absolute Gasteiger partial charge is 0.356 e. The van der Waals surface area contributed by atoms with E-state index in [0.29, 0.717) is 11.1 Å². The Morgan fingerprint density at radius 3 is 3.08 bits per heavy atom. The predicted molar refractivity (Wildman–Crippen MR) is 45.3 cm³/mol. The van der Waals surface area contributed by atoms with Gasteiger partial charge in [0, 0.05) is 18.5 Å². The van der Waals surface area contributed by atoms with Gasteiger partial charge in [0.2, 0.25) is 0 Å². The Balaban J connectivity index is 2.68. The molecule has 6 heteroatoms. The van der Waals surface area contributed by atoms with Crippen LogP contribution in [-0.4, -0.2) is 33.5 Å². The van der Waals surface area contributed by atoms with Crippen LogP contribution in [0.3, 0.4) is 0 Å². The van der Waals surface area contributed by atoms with Gasteiger partial charge in [-0.25, -0.2) is 14.3 Å². The number of carbonyl (C=O) groups is 1. The summed E-state index contributed by atoms with van der Waals surface area (Å²) >= 11 is 0. The maximum atomic E-state index is 10.5. The summed E-state index contributed by atoms with van der Waals surface area (Å²) in [7, 11) is 5.44. The lowest BCUT2D eigenvalue weighted by Crippen LogP contribution is -2.07. The second-order valence-electron chi connectivity index (χ2n) is 2.52. The minimum Gasteiger partial charge on any atom is -0.476 e. The van der Waals surface area contributed by atoms with E-state index >= 15 is 0 Å². The first-order valence-electron chi connectivity index (χ1n) is 3.51. The zero-order chi connectivity index (χ0) is 9.42. The fourth-order valence-corrected chi connectivity index (χ4v) is 0.996. The van der Waals surface area contributed by atoms with Gasteiger partial charge in [0.25, 0.3) is 0 Å². The van der Waals surface area contributed by atoms with Crippen molar-refractivity contribution in [1.82, 2.24) is 14.6 Å². The molecule has 0 unspecified atom stereocenters. The molecule has 0 saturated heterocycles. The Hall–Kier alpha value is -1.85. The van der Waals surface area contributed by atoms with Gasteiger partial charge in [0.15, 0.2) is 11.3 Å². The molecule has 0 amide bonds. The van der Waals surface area contributed by atoms with Crippen LogP contribution in [0.2, 0.25) is 0 Å². The Morgan fingerprint density at radius 2 is 2.38 bits per heavy atom. The van der Waals surface area contributed by atoms with Crippen LogP contribution < -0.4 is 5.46 Å². The summed E-state index contributed by atoms with van der Waals surface area (Å²) in [6.07, 6.45) is 2.96. The number of hydrogen-bond donors (Lipinski definition) is 1. The molecule has 2 heterocycles. The molecular weight excluding hydrogens is 169 g/mol. The quantitative estimate of drug-likeness (QED) is 0.574. The van der Waals surface area contributed by atoms with Crippen molar-refractivity contribution in [1.29, 1.82) is 0 Å². The Kier molecular flexibility index (Phi) is 1.55. The molecule has 0 saturated carbocycles. The van der Waals surface area contributed by atoms with Crippen LogP contribution in [-0.2, 0) is 0 Å². The maximum absolute atomic E-state index is 10.5. The van der Waals surface area contributed by atoms with Crippen molar-refractivity contribution in [3.8, 4) is 0 Å². The summed E-state index contributed by atoms with van der Waals surface area (Å²) in [5.74, 6) is -1.08. The van der Waals surface area contributed by atoms with Crippen LogP contribution in [0.5, 0.6) is 0 Å². The highest BCUT2D eigenvalue weighted by molar-refractivity contribution is 6.31. The van der Waals surface area contributed by atoms with Crippen molar-refractivity contribution in [3.05, 3.63) is 24.2 Å². The molecular formula is C7H4BN3O2. The highest BCUT2D eigenvalue weighted by Gasteiger charge is 2.08. The maximum Gasteiger partial charge on any atom is 0.356 e. The van der Waals surface area contributed by atoms with Crippen LogP contribution in [0.1, 0.15) is 10.5 Å². The standard InChI is InChI=1S/C7H4BN3O2/c8-4-2-9-6-1-5(7(12)13)10-11(6)3-4/h1-3H,(H,12,13). The number of carboxylic acid groups (broad SMARTS) is 1. The van der Waals surface area contributed by atoms with E-state index in [1.165, 1.54) is 23.0 Å². The third kappa shape index (κ3) is 1.26. The molecule has 2 radical (unpaired) electrons. The molecule has 62 valence electrons. The topological polar surface area (TPSA) is 67.5 Å². The molecule has 0 aliphatic rings. The zero-order valence-corrected chi connectivity index (χ0v) is 6.51. The van der Waals surface area contributed by atoms with Crippen molar-refractivity contribution < 1.29 is 9.90 Å². The molecule has 2 aromatic rings. The van der Waals surface area contributed by atoms with Crippen LogP contribution in [0.4, 0.5) is 0 Å². The van der Waals surface area contributed by atoms with E-state index in [-0.39, 0.29) is 5.69 Å². The summed E-state index contributed by atoms with van der Waals surface area (Å²) in [5, 5.41) is 12.4. The number of fused-ring (bicyclic) bond motifs is 1. The van der Waals surface area contributed by atoms with Crippen molar-refractivity contribution in [2.75, 3.05) is 0 Å². The Bertz CT molecular complexity index is 480. The Labute approximate surface area is 74.4 Å². The molecule has 2 aromatic heterocycles. The van der Waals surface area contributed by atoms with E-state index in [9.17, 15) is 4.79 Å². The molecule has 0 fully saturated rings. The monoisotopic (exact) mass is 173 g/mol. The van der Waals surface area contributed by atoms with Gasteiger partial charge < -0.3 is 5.11 Å². The second-order valence-corrected chi connectivity index (χ2v) is 2.52. The molecule has 13 heavy (non-hydrogen) atoms. The average Bonchev–Trinajstić information content (AvgIpc) is 2.46. The summed E-state index contributed by atoms with van der Waals surface area (Å²) in [4.78, 5) is 14.4. The van der Waals surface area contributed by atoms with Crippen molar-refractivity contribution in [2.45, 2.75) is 0 Å². The van der Waals surface area contributed by atoms with Gasteiger partial charge in [-0.3, -0.25) is 0 Å². The van der Waals surface area contributed by atoms with Gasteiger partial charge in [0.05, 0.1) is 0 Å². The first-order valence-corrected chi connectivity index (χ1v) is 3.51. The normalized spacial score (nSPS) is 10.5. The fraction of sp³-hybridized carbons (Fsp3) is 0. The van der Waals surface area contributed by atoms with Gasteiger partial charge >= 0.3 is 5.97 Å². The third-order valence-corrected chi connectivity index (χ3v) is 1.55. The van der Waals surface area contributed by atoms with Gasteiger partial charge in [-0.2, -0.15) is 5.10 Å². The van der Waals surface area contributed by atoms with Gasteiger partial charge in [-0.05, 0) is 0 Å². The van der Waals surface area contributed by atoms with Crippen LogP contribution >= 0.6 is 0 Å². The largest absolute Gasteiger partial charge is 0.476 e. The lowest BCUT2D eigenvalue weighted by Gasteiger charge is -1.92. The van der Waals surface area contributed by atoms with Crippen LogP contribution in [0.25, 0.3) is 5.65 Å². The molecule has 5 nitrogen and oxygen atoms in total. The van der Waals surface area contributed by atoms with E-state index in [1.54, 1.807) is 0 Å². The molecule has 2 rings (SSSR count). The summed E-state index contributed by atoms with van der Waals surface area (Å²) in [6, 6.07) is 1.38. The van der Waals surface area contributed by atoms with Crippen molar-refractivity contribution in [2.24, 2.45) is 0 Å². The van der Waals surface area contributed by atoms with Gasteiger partial charge in [-0.1, -0.05) is 5.46 Å². The number of carboxylic acids is 1. The first kappa shape index (κ1) is 7.79. The molecule has 0 bridgehead atoms. The van der Waals surface area contributed by atoms with E-state index in [1.807, 2.05) is 0 Å². The van der Waals surface area contributed by atoms with Gasteiger partial charge in [0.1, 0.15) is 7.85 Å². The number of aromatic nitrogens is 3. The molecule has 0 aromatic carbocycles. The summed E-state index contributed by atoms with van der Waals surface area (Å²) < 4.78 is 1.33. The zero-order valence-electron chi connectivity index (χ0n) is 6.51. The number of rotatable bonds is 1. The third-order valence-electron chi connectivity index (χ3n) is 1.55. The highest BCUT2D eigenvalue weighted by Crippen LogP contribution is 2.00. The summed E-state index contributed by atoms with van der Waals surface area (Å²) in [5.41, 5.74) is 0.859. The lowest BCUT2D eigenvalue weighted by molar-refractivity contribution is 0.0690. The SMILES string of the molecule is [B]c1cnc2cc(C(=O)O)nn2c1. The molecule has 0 atom stereocenters. The number of hydrogen-bond acceptors (Lipinski definition) is 3. The van der Waals surface area contributed by atoms with Gasteiger partial charge in [-0.15, -0.1) is 0 Å². The minimum atomic E-state index is -1.08. The first-order chi connectivity index (χ1) is 6.16. The van der Waals surface area contributed by atoms with E-state index in [2.05, 4.69) is 10.1 Å². The predicted octanol–water partition coefficient (Wildman–Crippen LogP) is -0.779. The molecule has 0 aliphatic heterocycles. The van der Waals surface area contributed by atoms with E-state index < -0.39 is 5.97 Å². The van der Waals surface area contributed by atoms with E-state index in [0.717, 1.165) is 0 Å². The molecule has 0 aliphatic carbocycles. The van der Waals surface area contributed by atoms with Crippen molar-refractivity contribution >= 4 is 24.9 Å². The average molecular weight is 173 g/mol. The fourth-order valence-electron chi connectivity index (χ4n) is 0.996. The molecule has 0 spiro atoms. The van der Waals surface area contributed by atoms with Crippen molar-refractivity contribution in [3.63, 3.8) is 0 Å². The molecule has 1 N–H and O–H groups in total. The second kappa shape index (κ2) is 2.58.